The summed E-state index contributed by atoms with van der Waals surface area (Å²) in [7, 11) is 0. The van der Waals surface area contributed by atoms with E-state index in [2.05, 4.69) is 5.32 Å². The molecule has 7 rings (SSSR count). The normalized spacial score (nSPS) is 32.1. The van der Waals surface area contributed by atoms with Crippen LogP contribution >= 0.6 is 0 Å². The first-order valence-electron chi connectivity index (χ1n) is 19.4. The monoisotopic (exact) mass is 795 g/mol. The van der Waals surface area contributed by atoms with E-state index >= 15 is 0 Å². The van der Waals surface area contributed by atoms with Gasteiger partial charge in [0, 0.05) is 36.2 Å². The predicted octanol–water partition coefficient (Wildman–Crippen LogP) is 4.19. The number of hydrogen-bond donors (Lipinski definition) is 4. The number of carbonyl (C=O) groups excluding carboxylic acids is 5. The Morgan fingerprint density at radius 1 is 0.862 bits per heavy atom. The first-order valence-corrected chi connectivity index (χ1v) is 19.4. The van der Waals surface area contributed by atoms with E-state index in [0.29, 0.717) is 22.3 Å². The van der Waals surface area contributed by atoms with Crippen LogP contribution in [-0.2, 0) is 33.3 Å². The van der Waals surface area contributed by atoms with Crippen molar-refractivity contribution in [3.8, 4) is 0 Å². The number of carbonyl (C=O) groups is 5. The van der Waals surface area contributed by atoms with Crippen LogP contribution < -0.4 is 5.32 Å². The molecule has 0 unspecified atom stereocenters. The van der Waals surface area contributed by atoms with Gasteiger partial charge in [-0.2, -0.15) is 0 Å². The molecule has 3 fully saturated rings. The van der Waals surface area contributed by atoms with Crippen LogP contribution in [0.5, 0.6) is 0 Å². The topological polar surface area (TPSA) is 195 Å². The Hall–Kier alpha value is -5.21. The van der Waals surface area contributed by atoms with Gasteiger partial charge in [-0.1, -0.05) is 93.1 Å². The fourth-order valence-corrected chi connectivity index (χ4v) is 9.88. The second-order valence-corrected chi connectivity index (χ2v) is 16.8. The SMILES string of the molecule is CC(=O)O[C@@]12CO[C@@H]1[C@@H](O)C[C@@]1(C)C(=O)CC3=C(C)[C@@H](OC(=O)[C@H](O)[C@@H](NC(=O)c4ccccc4)c4ccccc4)C[C@@](O)([C@@H](OC(=O)c4ccccc4)[C@H]21)C3(C)C. The lowest BCUT2D eigenvalue weighted by molar-refractivity contribution is -0.351. The Balaban J connectivity index is 1.32. The predicted molar refractivity (Wildman–Crippen MR) is 207 cm³/mol. The smallest absolute Gasteiger partial charge is 0.338 e. The fourth-order valence-electron chi connectivity index (χ4n) is 9.88. The van der Waals surface area contributed by atoms with Gasteiger partial charge in [0.15, 0.2) is 11.7 Å². The number of fused-ring (bicyclic) bond motifs is 5. The molecule has 13 nitrogen and oxygen atoms in total. The van der Waals surface area contributed by atoms with Crippen LogP contribution in [0.15, 0.2) is 102 Å². The molecule has 4 N–H and O–H groups in total. The first kappa shape index (κ1) is 41.0. The van der Waals surface area contributed by atoms with Crippen LogP contribution in [0.25, 0.3) is 0 Å². The minimum absolute atomic E-state index is 0.146. The molecule has 13 heteroatoms. The Morgan fingerprint density at radius 2 is 1.45 bits per heavy atom. The van der Waals surface area contributed by atoms with E-state index < -0.39 is 88.3 Å². The maximum Gasteiger partial charge on any atom is 0.338 e. The van der Waals surface area contributed by atoms with Crippen LogP contribution in [0, 0.1) is 16.7 Å². The molecule has 1 heterocycles. The summed E-state index contributed by atoms with van der Waals surface area (Å²) < 4.78 is 24.3. The zero-order valence-electron chi connectivity index (χ0n) is 33.0. The van der Waals surface area contributed by atoms with Gasteiger partial charge in [-0.3, -0.25) is 14.4 Å². The number of amides is 1. The summed E-state index contributed by atoms with van der Waals surface area (Å²) in [6.07, 6.45) is -7.92. The minimum atomic E-state index is -2.13. The Morgan fingerprint density at radius 3 is 2.02 bits per heavy atom. The summed E-state index contributed by atoms with van der Waals surface area (Å²) in [5.41, 5.74) is -4.95. The van der Waals surface area contributed by atoms with Crippen molar-refractivity contribution in [1.82, 2.24) is 5.32 Å². The van der Waals surface area contributed by atoms with Crippen molar-refractivity contribution in [2.45, 2.75) is 102 Å². The molecule has 0 spiro atoms. The molecule has 3 aromatic carbocycles. The molecule has 3 aromatic rings. The van der Waals surface area contributed by atoms with Crippen molar-refractivity contribution < 1.29 is 58.2 Å². The van der Waals surface area contributed by atoms with Gasteiger partial charge in [0.2, 0.25) is 0 Å². The zero-order valence-corrected chi connectivity index (χ0v) is 33.0. The average Bonchev–Trinajstić information content (AvgIpc) is 3.19. The molecule has 10 atom stereocenters. The number of ether oxygens (including phenoxy) is 4. The Kier molecular flexibility index (Phi) is 10.7. The van der Waals surface area contributed by atoms with Crippen molar-refractivity contribution in [1.29, 1.82) is 0 Å². The number of ketones is 1. The van der Waals surface area contributed by atoms with E-state index in [9.17, 15) is 39.3 Å². The van der Waals surface area contributed by atoms with Gasteiger partial charge in [0.05, 0.1) is 30.2 Å². The number of rotatable bonds is 9. The molecule has 2 bridgehead atoms. The highest BCUT2D eigenvalue weighted by molar-refractivity contribution is 5.95. The standard InChI is InChI=1S/C45H49NO12/c1-25-30-21-33(49)43(5)22-31(48)37-44(24-55-37,58-26(2)47)36(43)38(57-40(52)29-19-13-8-14-20-29)45(54,42(30,3)4)23-32(25)56-41(53)35(50)34(27-15-9-6-10-16-27)46-39(51)28-17-11-7-12-18-28/h6-20,31-32,34-38,48,50,54H,21-24H2,1-5H3,(H,46,51)/t31-,32-,34-,35+,36-,37+,38-,43-,44+,45+/m0/s1. The van der Waals surface area contributed by atoms with Crippen LogP contribution in [0.3, 0.4) is 0 Å². The van der Waals surface area contributed by atoms with Crippen molar-refractivity contribution in [2.24, 2.45) is 16.7 Å². The highest BCUT2D eigenvalue weighted by atomic mass is 16.6. The van der Waals surface area contributed by atoms with Gasteiger partial charge in [-0.05, 0) is 48.7 Å². The maximum absolute atomic E-state index is 14.9. The molecule has 4 aliphatic rings. The lowest BCUT2D eigenvalue weighted by atomic mass is 9.45. The van der Waals surface area contributed by atoms with E-state index in [-0.39, 0.29) is 37.2 Å². The van der Waals surface area contributed by atoms with Crippen molar-refractivity contribution in [2.75, 3.05) is 6.61 Å². The van der Waals surface area contributed by atoms with Gasteiger partial charge >= 0.3 is 17.9 Å². The van der Waals surface area contributed by atoms with Crippen LogP contribution in [0.4, 0.5) is 0 Å². The molecular formula is C45H49NO12. The number of Topliss-reactive ketones (excluding diaryl/α,β-unsaturated/α-hetero) is 1. The fraction of sp³-hybridized carbons (Fsp3) is 0.444. The quantitative estimate of drug-likeness (QED) is 0.137. The zero-order chi connectivity index (χ0) is 41.8. The molecular weight excluding hydrogens is 746 g/mol. The molecule has 1 amide bonds. The number of esters is 3. The van der Waals surface area contributed by atoms with E-state index in [1.807, 2.05) is 0 Å². The summed E-state index contributed by atoms with van der Waals surface area (Å²) in [6.45, 7) is 7.67. The van der Waals surface area contributed by atoms with E-state index in [1.165, 1.54) is 19.1 Å². The van der Waals surface area contributed by atoms with E-state index in [1.54, 1.807) is 107 Å². The highest BCUT2D eigenvalue weighted by Gasteiger charge is 2.76. The highest BCUT2D eigenvalue weighted by Crippen LogP contribution is 2.64. The maximum atomic E-state index is 14.9. The van der Waals surface area contributed by atoms with E-state index in [4.69, 9.17) is 18.9 Å². The lowest BCUT2D eigenvalue weighted by Gasteiger charge is -2.67. The van der Waals surface area contributed by atoms with Gasteiger partial charge in [0.1, 0.15) is 29.7 Å². The molecule has 1 aliphatic heterocycles. The van der Waals surface area contributed by atoms with Gasteiger partial charge in [-0.15, -0.1) is 0 Å². The van der Waals surface area contributed by atoms with E-state index in [0.717, 1.165) is 0 Å². The average molecular weight is 796 g/mol. The van der Waals surface area contributed by atoms with Gasteiger partial charge < -0.3 is 39.6 Å². The molecule has 2 saturated carbocycles. The lowest BCUT2D eigenvalue weighted by Crippen LogP contribution is -2.81. The number of aliphatic hydroxyl groups is 3. The van der Waals surface area contributed by atoms with Crippen molar-refractivity contribution >= 4 is 29.6 Å². The molecule has 58 heavy (non-hydrogen) atoms. The van der Waals surface area contributed by atoms with Crippen LogP contribution in [0.1, 0.15) is 86.2 Å². The number of benzene rings is 3. The van der Waals surface area contributed by atoms with Crippen molar-refractivity contribution in [3.63, 3.8) is 0 Å². The minimum Gasteiger partial charge on any atom is -0.456 e. The summed E-state index contributed by atoms with van der Waals surface area (Å²) in [6, 6.07) is 23.6. The summed E-state index contributed by atoms with van der Waals surface area (Å²) in [4.78, 5) is 69.3. The summed E-state index contributed by atoms with van der Waals surface area (Å²) in [5.74, 6) is -4.84. The Labute approximate surface area is 336 Å². The largest absolute Gasteiger partial charge is 0.456 e. The number of aliphatic hydroxyl groups excluding tert-OH is 2. The molecule has 306 valence electrons. The number of nitrogens with one attached hydrogen (secondary N) is 1. The molecule has 3 aliphatic carbocycles. The molecule has 0 radical (unpaired) electrons. The third kappa shape index (κ3) is 6.73. The number of hydrogen-bond acceptors (Lipinski definition) is 12. The summed E-state index contributed by atoms with van der Waals surface area (Å²) in [5, 5.41) is 39.3. The van der Waals surface area contributed by atoms with Crippen LogP contribution in [0.2, 0.25) is 0 Å². The Bertz CT molecular complexity index is 2120. The second-order valence-electron chi connectivity index (χ2n) is 16.8. The van der Waals surface area contributed by atoms with Crippen molar-refractivity contribution in [3.05, 3.63) is 119 Å². The first-order chi connectivity index (χ1) is 27.4. The van der Waals surface area contributed by atoms with Gasteiger partial charge in [0.25, 0.3) is 5.91 Å². The van der Waals surface area contributed by atoms with Gasteiger partial charge in [-0.25, -0.2) is 9.59 Å². The molecule has 0 aromatic heterocycles. The van der Waals surface area contributed by atoms with Crippen LogP contribution in [-0.4, -0.2) is 93.2 Å². The second kappa shape index (κ2) is 15.2. The third-order valence-corrected chi connectivity index (χ3v) is 13.1. The summed E-state index contributed by atoms with van der Waals surface area (Å²) >= 11 is 0. The molecule has 1 saturated heterocycles. The third-order valence-electron chi connectivity index (χ3n) is 13.1.